The quantitative estimate of drug-likeness (QED) is 0.404. The maximum Gasteiger partial charge on any atom is 0.273 e. The van der Waals surface area contributed by atoms with Gasteiger partial charge < -0.3 is 5.32 Å². The summed E-state index contributed by atoms with van der Waals surface area (Å²) in [6, 6.07) is 18.3. The SMILES string of the molecule is CC.Cc1cc(-c2ccccc2)cc2c(Br)c(C(=O)NCc3cccs3)nn12. The van der Waals surface area contributed by atoms with Crippen molar-refractivity contribution in [3.8, 4) is 11.1 Å². The summed E-state index contributed by atoms with van der Waals surface area (Å²) >= 11 is 5.19. The van der Waals surface area contributed by atoms with E-state index >= 15 is 0 Å². The van der Waals surface area contributed by atoms with Crippen LogP contribution in [0.1, 0.15) is 34.9 Å². The number of nitrogens with zero attached hydrogens (tertiary/aromatic N) is 2. The van der Waals surface area contributed by atoms with Gasteiger partial charge in [0.1, 0.15) is 0 Å². The molecule has 0 aliphatic rings. The molecule has 0 saturated carbocycles. The van der Waals surface area contributed by atoms with Crippen molar-refractivity contribution in [3.05, 3.63) is 80.7 Å². The molecule has 0 fully saturated rings. The van der Waals surface area contributed by atoms with Gasteiger partial charge in [0.05, 0.1) is 16.5 Å². The highest BCUT2D eigenvalue weighted by atomic mass is 79.9. The Balaban J connectivity index is 0.00000109. The molecule has 4 aromatic rings. The van der Waals surface area contributed by atoms with E-state index in [2.05, 4.69) is 50.6 Å². The molecule has 6 heteroatoms. The van der Waals surface area contributed by atoms with Crippen LogP contribution in [0.25, 0.3) is 16.6 Å². The van der Waals surface area contributed by atoms with Crippen LogP contribution in [0.3, 0.4) is 0 Å². The Morgan fingerprint density at radius 1 is 1.11 bits per heavy atom. The molecule has 3 aromatic heterocycles. The number of amides is 1. The molecule has 0 aliphatic heterocycles. The summed E-state index contributed by atoms with van der Waals surface area (Å²) in [7, 11) is 0. The third-order valence-corrected chi connectivity index (χ3v) is 5.84. The summed E-state index contributed by atoms with van der Waals surface area (Å²) in [6.07, 6.45) is 0. The van der Waals surface area contributed by atoms with E-state index in [1.165, 1.54) is 0 Å². The molecule has 0 spiro atoms. The number of rotatable bonds is 4. The van der Waals surface area contributed by atoms with Crippen molar-refractivity contribution < 1.29 is 4.79 Å². The molecule has 1 aromatic carbocycles. The molecule has 0 bridgehead atoms. The first kappa shape index (κ1) is 20.3. The number of carbonyl (C=O) groups excluding carboxylic acids is 1. The van der Waals surface area contributed by atoms with Gasteiger partial charge in [0.25, 0.3) is 5.91 Å². The molecule has 0 radical (unpaired) electrons. The molecular formula is C22H22BrN3OS. The van der Waals surface area contributed by atoms with Crippen LogP contribution in [0.5, 0.6) is 0 Å². The molecule has 0 unspecified atom stereocenters. The lowest BCUT2D eigenvalue weighted by Gasteiger charge is -2.05. The van der Waals surface area contributed by atoms with Gasteiger partial charge in [-0.15, -0.1) is 11.3 Å². The summed E-state index contributed by atoms with van der Waals surface area (Å²) < 4.78 is 2.51. The maximum atomic E-state index is 12.6. The number of nitrogens with one attached hydrogen (secondary N) is 1. The lowest BCUT2D eigenvalue weighted by Crippen LogP contribution is -2.23. The van der Waals surface area contributed by atoms with Gasteiger partial charge in [-0.25, -0.2) is 4.52 Å². The highest BCUT2D eigenvalue weighted by Gasteiger charge is 2.19. The Morgan fingerprint density at radius 3 is 2.54 bits per heavy atom. The van der Waals surface area contributed by atoms with Crippen molar-refractivity contribution in [1.29, 1.82) is 0 Å². The van der Waals surface area contributed by atoms with Gasteiger partial charge in [-0.3, -0.25) is 4.79 Å². The number of fused-ring (bicyclic) bond motifs is 1. The minimum atomic E-state index is -0.186. The molecule has 1 N–H and O–H groups in total. The number of thiophene rings is 1. The van der Waals surface area contributed by atoms with Gasteiger partial charge in [-0.2, -0.15) is 5.10 Å². The van der Waals surface area contributed by atoms with E-state index in [4.69, 9.17) is 0 Å². The minimum absolute atomic E-state index is 0.186. The van der Waals surface area contributed by atoms with Crippen molar-refractivity contribution in [2.75, 3.05) is 0 Å². The second kappa shape index (κ2) is 9.17. The van der Waals surface area contributed by atoms with E-state index in [1.54, 1.807) is 15.9 Å². The normalized spacial score (nSPS) is 10.4. The van der Waals surface area contributed by atoms with Gasteiger partial charge in [-0.05, 0) is 57.6 Å². The van der Waals surface area contributed by atoms with E-state index < -0.39 is 0 Å². The van der Waals surface area contributed by atoms with Crippen LogP contribution in [-0.2, 0) is 6.54 Å². The molecule has 0 aliphatic carbocycles. The highest BCUT2D eigenvalue weighted by Crippen LogP contribution is 2.29. The number of pyridine rings is 1. The van der Waals surface area contributed by atoms with Crippen molar-refractivity contribution >= 4 is 38.7 Å². The summed E-state index contributed by atoms with van der Waals surface area (Å²) in [5.41, 5.74) is 4.48. The van der Waals surface area contributed by atoms with E-state index in [0.717, 1.165) is 27.2 Å². The number of aryl methyl sites for hydroxylation is 1. The van der Waals surface area contributed by atoms with E-state index in [9.17, 15) is 4.79 Å². The molecule has 3 heterocycles. The molecule has 0 saturated heterocycles. The first-order chi connectivity index (χ1) is 13.6. The van der Waals surface area contributed by atoms with Crippen LogP contribution in [0, 0.1) is 6.92 Å². The third kappa shape index (κ3) is 4.18. The van der Waals surface area contributed by atoms with Crippen molar-refractivity contribution in [2.24, 2.45) is 0 Å². The standard InChI is InChI=1S/C20H16BrN3OS.C2H6/c1-13-10-15(14-6-3-2-4-7-14)11-17-18(21)19(23-24(13)17)20(25)22-12-16-8-5-9-26-16;1-2/h2-11H,12H2,1H3,(H,22,25);1-2H3. The van der Waals surface area contributed by atoms with Crippen LogP contribution >= 0.6 is 27.3 Å². The lowest BCUT2D eigenvalue weighted by molar-refractivity contribution is 0.0945. The highest BCUT2D eigenvalue weighted by molar-refractivity contribution is 9.10. The topological polar surface area (TPSA) is 46.4 Å². The van der Waals surface area contributed by atoms with Crippen molar-refractivity contribution in [2.45, 2.75) is 27.3 Å². The van der Waals surface area contributed by atoms with Gasteiger partial charge in [-0.1, -0.05) is 50.2 Å². The Morgan fingerprint density at radius 2 is 1.86 bits per heavy atom. The summed E-state index contributed by atoms with van der Waals surface area (Å²) in [6.45, 7) is 6.50. The van der Waals surface area contributed by atoms with Gasteiger partial charge in [0, 0.05) is 10.6 Å². The van der Waals surface area contributed by atoms with Crippen LogP contribution in [0.2, 0.25) is 0 Å². The zero-order chi connectivity index (χ0) is 20.1. The van der Waals surface area contributed by atoms with Gasteiger partial charge >= 0.3 is 0 Å². The molecule has 4 nitrogen and oxygen atoms in total. The number of carbonyl (C=O) groups is 1. The summed E-state index contributed by atoms with van der Waals surface area (Å²) in [5, 5.41) is 9.44. The fourth-order valence-electron chi connectivity index (χ4n) is 2.89. The lowest BCUT2D eigenvalue weighted by atomic mass is 10.1. The Kier molecular flexibility index (Phi) is 6.65. The number of hydrogen-bond acceptors (Lipinski definition) is 3. The third-order valence-electron chi connectivity index (χ3n) is 4.18. The summed E-state index contributed by atoms with van der Waals surface area (Å²) in [5.74, 6) is -0.186. The number of benzene rings is 1. The Labute approximate surface area is 177 Å². The van der Waals surface area contributed by atoms with Crippen LogP contribution in [0.15, 0.2) is 64.5 Å². The average molecular weight is 456 g/mol. The predicted molar refractivity (Wildman–Crippen MR) is 120 cm³/mol. The molecule has 4 rings (SSSR count). The zero-order valence-electron chi connectivity index (χ0n) is 16.1. The monoisotopic (exact) mass is 455 g/mol. The summed E-state index contributed by atoms with van der Waals surface area (Å²) in [4.78, 5) is 13.7. The van der Waals surface area contributed by atoms with Crippen LogP contribution in [0.4, 0.5) is 0 Å². The zero-order valence-corrected chi connectivity index (χ0v) is 18.5. The van der Waals surface area contributed by atoms with Crippen molar-refractivity contribution in [1.82, 2.24) is 14.9 Å². The Hall–Kier alpha value is -2.44. The average Bonchev–Trinajstić information content (AvgIpc) is 3.37. The number of hydrogen-bond donors (Lipinski definition) is 1. The largest absolute Gasteiger partial charge is 0.346 e. The van der Waals surface area contributed by atoms with E-state index in [1.807, 2.05) is 56.5 Å². The van der Waals surface area contributed by atoms with Crippen LogP contribution < -0.4 is 5.32 Å². The molecule has 0 atom stereocenters. The maximum absolute atomic E-state index is 12.6. The Bertz CT molecular complexity index is 1070. The van der Waals surface area contributed by atoms with Gasteiger partial charge in [0.2, 0.25) is 0 Å². The second-order valence-corrected chi connectivity index (χ2v) is 7.80. The fraction of sp³-hybridized carbons (Fsp3) is 0.182. The van der Waals surface area contributed by atoms with Crippen LogP contribution in [-0.4, -0.2) is 15.5 Å². The molecule has 144 valence electrons. The predicted octanol–water partition coefficient (Wildman–Crippen LogP) is 6.09. The number of halogens is 1. The number of aromatic nitrogens is 2. The van der Waals surface area contributed by atoms with E-state index in [0.29, 0.717) is 16.7 Å². The minimum Gasteiger partial charge on any atom is -0.346 e. The van der Waals surface area contributed by atoms with E-state index in [-0.39, 0.29) is 5.91 Å². The van der Waals surface area contributed by atoms with Crippen molar-refractivity contribution in [3.63, 3.8) is 0 Å². The first-order valence-electron chi connectivity index (χ1n) is 9.18. The second-order valence-electron chi connectivity index (χ2n) is 5.97. The molecule has 1 amide bonds. The van der Waals surface area contributed by atoms with Gasteiger partial charge in [0.15, 0.2) is 5.69 Å². The first-order valence-corrected chi connectivity index (χ1v) is 10.9. The fourth-order valence-corrected chi connectivity index (χ4v) is 4.07. The molecule has 28 heavy (non-hydrogen) atoms. The smallest absolute Gasteiger partial charge is 0.273 e. The molecular weight excluding hydrogens is 434 g/mol.